The van der Waals surface area contributed by atoms with E-state index in [1.54, 1.807) is 11.8 Å². The third-order valence-corrected chi connectivity index (χ3v) is 4.53. The van der Waals surface area contributed by atoms with Gasteiger partial charge in [0.2, 0.25) is 11.8 Å². The Balaban J connectivity index is 1.46. The number of ether oxygens (including phenoxy) is 1. The molecule has 1 heterocycles. The first-order chi connectivity index (χ1) is 9.66. The fraction of sp³-hybridized carbons (Fsp3) is 0.867. The first kappa shape index (κ1) is 13.9. The molecule has 0 bridgehead atoms. The molecule has 3 rings (SSSR count). The van der Waals surface area contributed by atoms with Gasteiger partial charge in [-0.05, 0) is 50.9 Å². The van der Waals surface area contributed by atoms with Crippen molar-refractivity contribution in [1.82, 2.24) is 10.2 Å². The zero-order valence-corrected chi connectivity index (χ0v) is 12.1. The third kappa shape index (κ3) is 3.14. The SMILES string of the molecule is CC1C(=O)NC(C2CC2)C(=O)N1CCCOCC1CC1. The minimum atomic E-state index is -0.346. The van der Waals surface area contributed by atoms with Gasteiger partial charge in [-0.1, -0.05) is 0 Å². The zero-order valence-electron chi connectivity index (χ0n) is 12.1. The standard InChI is InChI=1S/C15H24N2O3/c1-10-14(18)16-13(12-5-6-12)15(19)17(10)7-2-8-20-9-11-3-4-11/h10-13H,2-9H2,1H3,(H,16,18). The van der Waals surface area contributed by atoms with Crippen LogP contribution in [-0.2, 0) is 14.3 Å². The van der Waals surface area contributed by atoms with E-state index in [9.17, 15) is 9.59 Å². The number of carbonyl (C=O) groups excluding carboxylic acids is 2. The maximum absolute atomic E-state index is 12.4. The highest BCUT2D eigenvalue weighted by Crippen LogP contribution is 2.35. The van der Waals surface area contributed by atoms with E-state index < -0.39 is 0 Å². The second-order valence-electron chi connectivity index (χ2n) is 6.40. The van der Waals surface area contributed by atoms with Crippen LogP contribution in [0, 0.1) is 11.8 Å². The first-order valence-corrected chi connectivity index (χ1v) is 7.85. The van der Waals surface area contributed by atoms with Crippen molar-refractivity contribution in [3.8, 4) is 0 Å². The molecule has 20 heavy (non-hydrogen) atoms. The Morgan fingerprint density at radius 2 is 2.00 bits per heavy atom. The Hall–Kier alpha value is -1.10. The Labute approximate surface area is 120 Å². The van der Waals surface area contributed by atoms with Gasteiger partial charge in [0.05, 0.1) is 0 Å². The van der Waals surface area contributed by atoms with Crippen LogP contribution < -0.4 is 5.32 Å². The lowest BCUT2D eigenvalue weighted by atomic mass is 10.0. The van der Waals surface area contributed by atoms with Gasteiger partial charge in [0.25, 0.3) is 0 Å². The summed E-state index contributed by atoms with van der Waals surface area (Å²) in [7, 11) is 0. The number of nitrogens with one attached hydrogen (secondary N) is 1. The van der Waals surface area contributed by atoms with E-state index in [2.05, 4.69) is 5.32 Å². The number of amides is 2. The molecule has 0 radical (unpaired) electrons. The Bertz CT molecular complexity index is 391. The van der Waals surface area contributed by atoms with E-state index >= 15 is 0 Å². The summed E-state index contributed by atoms with van der Waals surface area (Å²) in [5.41, 5.74) is 0. The highest BCUT2D eigenvalue weighted by Gasteiger charge is 2.45. The van der Waals surface area contributed by atoms with Gasteiger partial charge in [-0.2, -0.15) is 0 Å². The lowest BCUT2D eigenvalue weighted by molar-refractivity contribution is -0.149. The van der Waals surface area contributed by atoms with Crippen LogP contribution in [0.3, 0.4) is 0 Å². The predicted molar refractivity (Wildman–Crippen MR) is 74.0 cm³/mol. The van der Waals surface area contributed by atoms with E-state index in [1.807, 2.05) is 0 Å². The maximum Gasteiger partial charge on any atom is 0.246 e. The average molecular weight is 280 g/mol. The predicted octanol–water partition coefficient (Wildman–Crippen LogP) is 0.929. The van der Waals surface area contributed by atoms with Gasteiger partial charge < -0.3 is 15.0 Å². The number of piperazine rings is 1. The molecule has 2 atom stereocenters. The van der Waals surface area contributed by atoms with Crippen LogP contribution in [0.1, 0.15) is 39.0 Å². The molecule has 1 saturated heterocycles. The van der Waals surface area contributed by atoms with Gasteiger partial charge in [-0.25, -0.2) is 0 Å². The largest absolute Gasteiger partial charge is 0.381 e. The van der Waals surface area contributed by atoms with E-state index in [0.29, 0.717) is 19.1 Å². The van der Waals surface area contributed by atoms with Gasteiger partial charge >= 0.3 is 0 Å². The molecule has 3 aliphatic rings. The van der Waals surface area contributed by atoms with Crippen LogP contribution >= 0.6 is 0 Å². The summed E-state index contributed by atoms with van der Waals surface area (Å²) in [4.78, 5) is 26.1. The molecule has 112 valence electrons. The lowest BCUT2D eigenvalue weighted by Crippen LogP contribution is -2.63. The van der Waals surface area contributed by atoms with Crippen molar-refractivity contribution >= 4 is 11.8 Å². The van der Waals surface area contributed by atoms with Crippen LogP contribution in [0.25, 0.3) is 0 Å². The van der Waals surface area contributed by atoms with Crippen LogP contribution in [0.4, 0.5) is 0 Å². The van der Waals surface area contributed by atoms with Gasteiger partial charge in [-0.15, -0.1) is 0 Å². The highest BCUT2D eigenvalue weighted by atomic mass is 16.5. The quantitative estimate of drug-likeness (QED) is 0.706. The molecule has 2 unspecified atom stereocenters. The van der Waals surface area contributed by atoms with Crippen molar-refractivity contribution in [3.63, 3.8) is 0 Å². The molecule has 3 fully saturated rings. The van der Waals surface area contributed by atoms with Crippen molar-refractivity contribution in [1.29, 1.82) is 0 Å². The Morgan fingerprint density at radius 3 is 2.65 bits per heavy atom. The summed E-state index contributed by atoms with van der Waals surface area (Å²) in [5.74, 6) is 1.23. The lowest BCUT2D eigenvalue weighted by Gasteiger charge is -2.37. The summed E-state index contributed by atoms with van der Waals surface area (Å²) in [6.45, 7) is 3.97. The van der Waals surface area contributed by atoms with Gasteiger partial charge in [-0.3, -0.25) is 9.59 Å². The molecule has 5 heteroatoms. The number of rotatable bonds is 7. The summed E-state index contributed by atoms with van der Waals surface area (Å²) in [5, 5.41) is 2.87. The molecule has 0 aromatic heterocycles. The van der Waals surface area contributed by atoms with E-state index in [4.69, 9.17) is 4.74 Å². The van der Waals surface area contributed by atoms with Crippen LogP contribution in [0.5, 0.6) is 0 Å². The average Bonchev–Trinajstić information content (AvgIpc) is 3.29. The van der Waals surface area contributed by atoms with Crippen molar-refractivity contribution in [2.75, 3.05) is 19.8 Å². The van der Waals surface area contributed by atoms with Crippen LogP contribution in [0.2, 0.25) is 0 Å². The number of hydrogen-bond acceptors (Lipinski definition) is 3. The third-order valence-electron chi connectivity index (χ3n) is 4.53. The van der Waals surface area contributed by atoms with Crippen molar-refractivity contribution < 1.29 is 14.3 Å². The molecule has 0 aromatic carbocycles. The summed E-state index contributed by atoms with van der Waals surface area (Å²) in [6, 6.07) is -0.619. The Morgan fingerprint density at radius 1 is 1.25 bits per heavy atom. The molecule has 2 aliphatic carbocycles. The van der Waals surface area contributed by atoms with Crippen LogP contribution in [0.15, 0.2) is 0 Å². The maximum atomic E-state index is 12.4. The second-order valence-corrected chi connectivity index (χ2v) is 6.40. The fourth-order valence-electron chi connectivity index (χ4n) is 2.77. The number of carbonyl (C=O) groups is 2. The van der Waals surface area contributed by atoms with Gasteiger partial charge in [0, 0.05) is 19.8 Å². The topological polar surface area (TPSA) is 58.6 Å². The van der Waals surface area contributed by atoms with Gasteiger partial charge in [0.15, 0.2) is 0 Å². The first-order valence-electron chi connectivity index (χ1n) is 7.85. The summed E-state index contributed by atoms with van der Waals surface area (Å²) in [6.07, 6.45) is 5.52. The van der Waals surface area contributed by atoms with Gasteiger partial charge in [0.1, 0.15) is 12.1 Å². The van der Waals surface area contributed by atoms with Crippen LogP contribution in [-0.4, -0.2) is 48.6 Å². The van der Waals surface area contributed by atoms with E-state index in [0.717, 1.165) is 31.8 Å². The monoisotopic (exact) mass is 280 g/mol. The van der Waals surface area contributed by atoms with Crippen molar-refractivity contribution in [3.05, 3.63) is 0 Å². The van der Waals surface area contributed by atoms with Crippen molar-refractivity contribution in [2.24, 2.45) is 11.8 Å². The second kappa shape index (κ2) is 5.72. The molecule has 2 saturated carbocycles. The molecule has 1 aliphatic heterocycles. The minimum absolute atomic E-state index is 0.0135. The number of hydrogen-bond donors (Lipinski definition) is 1. The molecule has 1 N–H and O–H groups in total. The molecular weight excluding hydrogens is 256 g/mol. The molecule has 5 nitrogen and oxygen atoms in total. The normalized spacial score (nSPS) is 30.6. The highest BCUT2D eigenvalue weighted by molar-refractivity contribution is 5.97. The smallest absolute Gasteiger partial charge is 0.246 e. The molecule has 2 amide bonds. The molecule has 0 spiro atoms. The van der Waals surface area contributed by atoms with Crippen molar-refractivity contribution in [2.45, 2.75) is 51.1 Å². The summed E-state index contributed by atoms with van der Waals surface area (Å²) < 4.78 is 5.59. The summed E-state index contributed by atoms with van der Waals surface area (Å²) >= 11 is 0. The molecule has 0 aromatic rings. The Kier molecular flexibility index (Phi) is 3.96. The van der Waals surface area contributed by atoms with E-state index in [-0.39, 0.29) is 23.9 Å². The molecular formula is C15H24N2O3. The zero-order chi connectivity index (χ0) is 14.1. The number of nitrogens with zero attached hydrogens (tertiary/aromatic N) is 1. The minimum Gasteiger partial charge on any atom is -0.381 e. The fourth-order valence-corrected chi connectivity index (χ4v) is 2.77. The van der Waals surface area contributed by atoms with E-state index in [1.165, 1.54) is 12.8 Å².